The van der Waals surface area contributed by atoms with E-state index in [1.165, 1.54) is 4.90 Å². The number of hydrogen-bond acceptors (Lipinski definition) is 2. The number of nitrogens with zero attached hydrogens (tertiary/aromatic N) is 1. The third-order valence-corrected chi connectivity index (χ3v) is 4.58. The summed E-state index contributed by atoms with van der Waals surface area (Å²) in [5, 5.41) is 9.95. The van der Waals surface area contributed by atoms with Crippen molar-refractivity contribution in [2.75, 3.05) is 6.54 Å². The molecule has 3 nitrogen and oxygen atoms in total. The first-order valence-electron chi connectivity index (χ1n) is 9.03. The Kier molecular flexibility index (Phi) is 7.12. The molecular formula is C20H27F2NO2. The summed E-state index contributed by atoms with van der Waals surface area (Å²) in [5.74, 6) is -4.43. The summed E-state index contributed by atoms with van der Waals surface area (Å²) < 4.78 is 27.7. The Balaban J connectivity index is 1.97. The van der Waals surface area contributed by atoms with E-state index in [0.717, 1.165) is 24.8 Å². The van der Waals surface area contributed by atoms with E-state index >= 15 is 0 Å². The van der Waals surface area contributed by atoms with Crippen molar-refractivity contribution in [1.29, 1.82) is 0 Å². The van der Waals surface area contributed by atoms with Crippen LogP contribution >= 0.6 is 0 Å². The minimum Gasteiger partial charge on any atom is -0.389 e. The summed E-state index contributed by atoms with van der Waals surface area (Å²) in [6, 6.07) is 8.85. The van der Waals surface area contributed by atoms with Gasteiger partial charge >= 0.3 is 5.92 Å². The molecule has 0 aromatic heterocycles. The maximum atomic E-state index is 13.8. The van der Waals surface area contributed by atoms with Gasteiger partial charge in [0.05, 0.1) is 12.1 Å². The molecule has 5 heteroatoms. The molecule has 1 heterocycles. The molecule has 138 valence electrons. The van der Waals surface area contributed by atoms with Crippen LogP contribution in [0.15, 0.2) is 42.5 Å². The van der Waals surface area contributed by atoms with Crippen molar-refractivity contribution in [3.63, 3.8) is 0 Å². The van der Waals surface area contributed by atoms with Gasteiger partial charge < -0.3 is 10.0 Å². The number of carbonyl (C=O) groups excluding carboxylic acids is 1. The Hall–Kier alpha value is -1.75. The number of amides is 1. The third kappa shape index (κ3) is 5.63. The number of aliphatic hydroxyl groups excluding tert-OH is 1. The number of aliphatic hydroxyl groups is 1. The Labute approximate surface area is 148 Å². The van der Waals surface area contributed by atoms with Crippen molar-refractivity contribution in [1.82, 2.24) is 4.90 Å². The van der Waals surface area contributed by atoms with Crippen LogP contribution in [-0.2, 0) is 11.2 Å². The predicted molar refractivity (Wildman–Crippen MR) is 94.5 cm³/mol. The average Bonchev–Trinajstić information content (AvgIpc) is 2.81. The molecule has 1 aliphatic rings. The number of unbranched alkanes of at least 4 members (excludes halogenated alkanes) is 2. The smallest absolute Gasteiger partial charge is 0.327 e. The van der Waals surface area contributed by atoms with Crippen LogP contribution in [0.3, 0.4) is 0 Å². The van der Waals surface area contributed by atoms with Gasteiger partial charge in [-0.2, -0.15) is 8.78 Å². The number of likely N-dealkylation sites (tertiary alicyclic amines) is 1. The fourth-order valence-electron chi connectivity index (χ4n) is 3.11. The molecule has 1 N–H and O–H groups in total. The van der Waals surface area contributed by atoms with Crippen LogP contribution < -0.4 is 0 Å². The molecule has 1 fully saturated rings. The molecule has 1 aromatic carbocycles. The summed E-state index contributed by atoms with van der Waals surface area (Å²) in [4.78, 5) is 13.2. The first-order valence-corrected chi connectivity index (χ1v) is 9.03. The van der Waals surface area contributed by atoms with Gasteiger partial charge in [-0.25, -0.2) is 0 Å². The standard InChI is InChI=1S/C20H27F2NO2/c1-2-3-5-10-18(24)12-11-17-15-20(21,22)19(25)23(17)14-13-16-8-6-4-7-9-16/h4,6-9,11-12,17-18,24H,2-3,5,10,13-15H2,1H3/b12-11+/t17-,18-/m0/s1. The highest BCUT2D eigenvalue weighted by molar-refractivity contribution is 5.86. The van der Waals surface area contributed by atoms with Crippen molar-refractivity contribution < 1.29 is 18.7 Å². The molecule has 2 rings (SSSR count). The quantitative estimate of drug-likeness (QED) is 0.540. The predicted octanol–water partition coefficient (Wildman–Crippen LogP) is 3.96. The number of benzene rings is 1. The van der Waals surface area contributed by atoms with Gasteiger partial charge in [0.2, 0.25) is 0 Å². The lowest BCUT2D eigenvalue weighted by Crippen LogP contribution is -2.37. The van der Waals surface area contributed by atoms with E-state index in [2.05, 4.69) is 6.92 Å². The molecule has 1 saturated heterocycles. The summed E-state index contributed by atoms with van der Waals surface area (Å²) >= 11 is 0. The maximum absolute atomic E-state index is 13.8. The van der Waals surface area contributed by atoms with E-state index in [0.29, 0.717) is 12.8 Å². The number of halogens is 2. The summed E-state index contributed by atoms with van der Waals surface area (Å²) in [5.41, 5.74) is 1.01. The molecule has 0 spiro atoms. The molecule has 0 bridgehead atoms. The van der Waals surface area contributed by atoms with Gasteiger partial charge in [0, 0.05) is 13.0 Å². The largest absolute Gasteiger partial charge is 0.389 e. The normalized spacial score (nSPS) is 21.2. The maximum Gasteiger partial charge on any atom is 0.327 e. The lowest BCUT2D eigenvalue weighted by Gasteiger charge is -2.22. The molecule has 2 atom stereocenters. The third-order valence-electron chi connectivity index (χ3n) is 4.58. The van der Waals surface area contributed by atoms with Crippen LogP contribution in [0.4, 0.5) is 8.78 Å². The van der Waals surface area contributed by atoms with E-state index in [4.69, 9.17) is 0 Å². The summed E-state index contributed by atoms with van der Waals surface area (Å²) in [6.45, 7) is 2.33. The van der Waals surface area contributed by atoms with Gasteiger partial charge in [-0.05, 0) is 18.4 Å². The van der Waals surface area contributed by atoms with Gasteiger partial charge in [0.25, 0.3) is 5.91 Å². The van der Waals surface area contributed by atoms with Gasteiger partial charge in [0.1, 0.15) is 0 Å². The van der Waals surface area contributed by atoms with E-state index in [1.807, 2.05) is 30.3 Å². The number of carbonyl (C=O) groups is 1. The van der Waals surface area contributed by atoms with Crippen LogP contribution in [0.25, 0.3) is 0 Å². The van der Waals surface area contributed by atoms with Gasteiger partial charge in [-0.3, -0.25) is 4.79 Å². The van der Waals surface area contributed by atoms with Crippen LogP contribution in [-0.4, -0.2) is 40.5 Å². The molecule has 0 saturated carbocycles. The number of hydrogen-bond donors (Lipinski definition) is 1. The Morgan fingerprint density at radius 1 is 1.32 bits per heavy atom. The zero-order valence-corrected chi connectivity index (χ0v) is 14.7. The van der Waals surface area contributed by atoms with E-state index in [9.17, 15) is 18.7 Å². The van der Waals surface area contributed by atoms with Crippen molar-refractivity contribution in [2.45, 2.75) is 63.5 Å². The van der Waals surface area contributed by atoms with Gasteiger partial charge in [-0.1, -0.05) is 68.7 Å². The highest BCUT2D eigenvalue weighted by Gasteiger charge is 2.52. The van der Waals surface area contributed by atoms with Gasteiger partial charge in [0.15, 0.2) is 0 Å². The molecule has 1 aliphatic heterocycles. The zero-order valence-electron chi connectivity index (χ0n) is 14.7. The fourth-order valence-corrected chi connectivity index (χ4v) is 3.11. The highest BCUT2D eigenvalue weighted by atomic mass is 19.3. The van der Waals surface area contributed by atoms with Crippen LogP contribution in [0.5, 0.6) is 0 Å². The average molecular weight is 351 g/mol. The second-order valence-electron chi connectivity index (χ2n) is 6.66. The molecule has 25 heavy (non-hydrogen) atoms. The summed E-state index contributed by atoms with van der Waals surface area (Å²) in [7, 11) is 0. The lowest BCUT2D eigenvalue weighted by atomic mass is 10.1. The molecule has 1 aromatic rings. The van der Waals surface area contributed by atoms with Crippen molar-refractivity contribution in [3.05, 3.63) is 48.0 Å². The monoisotopic (exact) mass is 351 g/mol. The highest BCUT2D eigenvalue weighted by Crippen LogP contribution is 2.34. The topological polar surface area (TPSA) is 40.5 Å². The minimum atomic E-state index is -3.32. The van der Waals surface area contributed by atoms with E-state index in [-0.39, 0.29) is 6.54 Å². The molecule has 0 radical (unpaired) electrons. The first-order chi connectivity index (χ1) is 11.9. The van der Waals surface area contributed by atoms with E-state index < -0.39 is 30.4 Å². The first kappa shape index (κ1) is 19.6. The Bertz CT molecular complexity index is 574. The Morgan fingerprint density at radius 3 is 2.72 bits per heavy atom. The molecule has 0 unspecified atom stereocenters. The SMILES string of the molecule is CCCCC[C@H](O)/C=C/[C@H]1CC(F)(F)C(=O)N1CCc1ccccc1. The lowest BCUT2D eigenvalue weighted by molar-refractivity contribution is -0.148. The second-order valence-corrected chi connectivity index (χ2v) is 6.66. The zero-order chi connectivity index (χ0) is 18.3. The second kappa shape index (κ2) is 9.09. The Morgan fingerprint density at radius 2 is 2.04 bits per heavy atom. The van der Waals surface area contributed by atoms with Crippen molar-refractivity contribution >= 4 is 5.91 Å². The van der Waals surface area contributed by atoms with Crippen LogP contribution in [0, 0.1) is 0 Å². The minimum absolute atomic E-state index is 0.249. The number of alkyl halides is 2. The van der Waals surface area contributed by atoms with Crippen LogP contribution in [0.2, 0.25) is 0 Å². The fraction of sp³-hybridized carbons (Fsp3) is 0.550. The number of rotatable bonds is 9. The molecular weight excluding hydrogens is 324 g/mol. The van der Waals surface area contributed by atoms with Crippen molar-refractivity contribution in [3.8, 4) is 0 Å². The summed E-state index contributed by atoms with van der Waals surface area (Å²) in [6.07, 6.45) is 6.12. The van der Waals surface area contributed by atoms with E-state index in [1.54, 1.807) is 12.2 Å². The molecule has 0 aliphatic carbocycles. The van der Waals surface area contributed by atoms with Gasteiger partial charge in [-0.15, -0.1) is 0 Å². The molecule has 1 amide bonds. The van der Waals surface area contributed by atoms with Crippen LogP contribution in [0.1, 0.15) is 44.6 Å². The van der Waals surface area contributed by atoms with Crippen molar-refractivity contribution in [2.24, 2.45) is 0 Å².